The van der Waals surface area contributed by atoms with Gasteiger partial charge in [-0.05, 0) is 30.5 Å². The summed E-state index contributed by atoms with van der Waals surface area (Å²) in [6.45, 7) is 5.21. The van der Waals surface area contributed by atoms with E-state index >= 15 is 0 Å². The lowest BCUT2D eigenvalue weighted by Crippen LogP contribution is -2.41. The number of anilines is 1. The van der Waals surface area contributed by atoms with Crippen LogP contribution in [0.2, 0.25) is 0 Å². The van der Waals surface area contributed by atoms with Crippen molar-refractivity contribution >= 4 is 23.6 Å². The van der Waals surface area contributed by atoms with Crippen LogP contribution in [0.5, 0.6) is 0 Å². The maximum absolute atomic E-state index is 13.1. The van der Waals surface area contributed by atoms with Gasteiger partial charge in [0.05, 0.1) is 0 Å². The molecule has 0 spiro atoms. The Morgan fingerprint density at radius 1 is 0.969 bits per heavy atom. The number of hydrogen-bond donors (Lipinski definition) is 2. The zero-order chi connectivity index (χ0) is 23.1. The molecule has 0 aliphatic heterocycles. The Labute approximate surface area is 185 Å². The van der Waals surface area contributed by atoms with Gasteiger partial charge in [0.25, 0.3) is 11.8 Å². The lowest BCUT2D eigenvalue weighted by molar-refractivity contribution is -0.158. The molecule has 0 bridgehead atoms. The van der Waals surface area contributed by atoms with E-state index in [1.54, 1.807) is 87.5 Å². The molecule has 166 valence electrons. The third kappa shape index (κ3) is 5.81. The van der Waals surface area contributed by atoms with E-state index in [1.165, 1.54) is 0 Å². The van der Waals surface area contributed by atoms with E-state index in [0.29, 0.717) is 16.9 Å². The Kier molecular flexibility index (Phi) is 7.38. The number of carbonyl (C=O) groups is 3. The van der Waals surface area contributed by atoms with Crippen molar-refractivity contribution < 1.29 is 23.6 Å². The number of nitrogens with zero attached hydrogens (tertiary/aromatic N) is 1. The quantitative estimate of drug-likeness (QED) is 0.523. The summed E-state index contributed by atoms with van der Waals surface area (Å²) in [5.41, 5.74) is 0.942. The summed E-state index contributed by atoms with van der Waals surface area (Å²) in [6, 6.07) is 17.7. The fourth-order valence-electron chi connectivity index (χ4n) is 3.04. The van der Waals surface area contributed by atoms with E-state index in [-0.39, 0.29) is 11.7 Å². The van der Waals surface area contributed by atoms with E-state index in [4.69, 9.17) is 9.26 Å². The van der Waals surface area contributed by atoms with Gasteiger partial charge in [0.1, 0.15) is 5.76 Å². The molecule has 2 aromatic carbocycles. The van der Waals surface area contributed by atoms with Crippen LogP contribution >= 0.6 is 0 Å². The lowest BCUT2D eigenvalue weighted by Gasteiger charge is -2.24. The highest BCUT2D eigenvalue weighted by Crippen LogP contribution is 2.20. The minimum Gasteiger partial charge on any atom is -0.450 e. The van der Waals surface area contributed by atoms with Gasteiger partial charge in [-0.2, -0.15) is 0 Å². The molecule has 0 saturated carbocycles. The molecule has 0 fully saturated rings. The number of amides is 2. The smallest absolute Gasteiger partial charge is 0.334 e. The zero-order valence-electron chi connectivity index (χ0n) is 18.1. The van der Waals surface area contributed by atoms with Crippen LogP contribution in [0.1, 0.15) is 41.6 Å². The molecule has 8 heteroatoms. The van der Waals surface area contributed by atoms with E-state index < -0.39 is 29.9 Å². The largest absolute Gasteiger partial charge is 0.450 e. The highest BCUT2D eigenvalue weighted by molar-refractivity contribution is 5.98. The first-order chi connectivity index (χ1) is 15.3. The summed E-state index contributed by atoms with van der Waals surface area (Å²) in [4.78, 5) is 38.6. The number of nitrogens with one attached hydrogen (secondary N) is 2. The maximum atomic E-state index is 13.1. The summed E-state index contributed by atoms with van der Waals surface area (Å²) in [5.74, 6) is -1.28. The lowest BCUT2D eigenvalue weighted by atomic mass is 10.0. The number of aromatic nitrogens is 1. The van der Waals surface area contributed by atoms with Gasteiger partial charge in [0.15, 0.2) is 18.0 Å². The molecule has 1 heterocycles. The van der Waals surface area contributed by atoms with Crippen molar-refractivity contribution in [2.45, 2.75) is 32.9 Å². The second-order valence-electron chi connectivity index (χ2n) is 7.60. The highest BCUT2D eigenvalue weighted by atomic mass is 16.6. The Hall–Kier alpha value is -3.94. The fourth-order valence-corrected chi connectivity index (χ4v) is 3.04. The van der Waals surface area contributed by atoms with Gasteiger partial charge in [-0.3, -0.25) is 9.59 Å². The molecule has 1 aromatic heterocycles. The number of carbonyl (C=O) groups excluding carboxylic acids is 3. The first-order valence-electron chi connectivity index (χ1n) is 10.2. The van der Waals surface area contributed by atoms with Crippen LogP contribution in [0, 0.1) is 12.8 Å². The Morgan fingerprint density at radius 2 is 1.59 bits per heavy atom. The molecule has 0 radical (unpaired) electrons. The van der Waals surface area contributed by atoms with Crippen molar-refractivity contribution in [3.8, 4) is 0 Å². The number of benzene rings is 2. The Bertz CT molecular complexity index is 1060. The number of esters is 1. The molecular formula is C24H25N3O5. The molecule has 3 aromatic rings. The predicted octanol–water partition coefficient (Wildman–Crippen LogP) is 3.66. The number of rotatable bonds is 8. The van der Waals surface area contributed by atoms with E-state index in [9.17, 15) is 14.4 Å². The van der Waals surface area contributed by atoms with Crippen molar-refractivity contribution in [3.05, 3.63) is 83.6 Å². The molecule has 3 rings (SSSR count). The van der Waals surface area contributed by atoms with Crippen LogP contribution in [0.25, 0.3) is 0 Å². The molecular weight excluding hydrogens is 410 g/mol. The molecule has 8 nitrogen and oxygen atoms in total. The number of ether oxygens (including phenoxy) is 1. The third-order valence-corrected chi connectivity index (χ3v) is 4.67. The maximum Gasteiger partial charge on any atom is 0.334 e. The first kappa shape index (κ1) is 22.7. The van der Waals surface area contributed by atoms with Crippen LogP contribution in [0.4, 0.5) is 5.82 Å². The van der Waals surface area contributed by atoms with E-state index in [2.05, 4.69) is 15.8 Å². The Morgan fingerprint density at radius 3 is 2.16 bits per heavy atom. The molecule has 32 heavy (non-hydrogen) atoms. The molecule has 2 atom stereocenters. The molecule has 0 saturated heterocycles. The van der Waals surface area contributed by atoms with Crippen LogP contribution in [-0.2, 0) is 14.3 Å². The minimum atomic E-state index is -1.10. The second kappa shape index (κ2) is 10.4. The third-order valence-electron chi connectivity index (χ3n) is 4.67. The van der Waals surface area contributed by atoms with Crippen molar-refractivity contribution in [2.24, 2.45) is 5.92 Å². The summed E-state index contributed by atoms with van der Waals surface area (Å²) in [5, 5.41) is 9.03. The molecule has 0 unspecified atom stereocenters. The topological polar surface area (TPSA) is 111 Å². The average Bonchev–Trinajstić information content (AvgIpc) is 3.20. The predicted molar refractivity (Wildman–Crippen MR) is 118 cm³/mol. The van der Waals surface area contributed by atoms with Gasteiger partial charge in [-0.15, -0.1) is 0 Å². The van der Waals surface area contributed by atoms with Gasteiger partial charge in [0.2, 0.25) is 0 Å². The van der Waals surface area contributed by atoms with Crippen LogP contribution in [-0.4, -0.2) is 29.0 Å². The average molecular weight is 435 g/mol. The summed E-state index contributed by atoms with van der Waals surface area (Å²) < 4.78 is 10.5. The van der Waals surface area contributed by atoms with Crippen LogP contribution < -0.4 is 10.6 Å². The first-order valence-corrected chi connectivity index (χ1v) is 10.2. The van der Waals surface area contributed by atoms with Gasteiger partial charge < -0.3 is 19.9 Å². The molecule has 2 amide bonds. The van der Waals surface area contributed by atoms with Crippen molar-refractivity contribution in [1.82, 2.24) is 10.5 Å². The SMILES string of the molecule is Cc1cc(NC(=O)[C@@H](OC(=O)[C@@H](NC(=O)c2ccccc2)c2ccccc2)C(C)C)no1. The van der Waals surface area contributed by atoms with Gasteiger partial charge in [0, 0.05) is 11.6 Å². The molecule has 0 aliphatic rings. The Balaban J connectivity index is 1.79. The van der Waals surface area contributed by atoms with Crippen molar-refractivity contribution in [2.75, 3.05) is 5.32 Å². The standard InChI is InChI=1S/C24H25N3O5/c1-15(2)21(23(29)25-19-14-16(3)32-27-19)31-24(30)20(17-10-6-4-7-11-17)26-22(28)18-12-8-5-9-13-18/h4-15,20-21H,1-3H3,(H,26,28)(H,25,27,29)/t20-,21-/m0/s1. The van der Waals surface area contributed by atoms with Crippen LogP contribution in [0.3, 0.4) is 0 Å². The number of aryl methyl sites for hydroxylation is 1. The molecule has 2 N–H and O–H groups in total. The minimum absolute atomic E-state index is 0.228. The van der Waals surface area contributed by atoms with Gasteiger partial charge >= 0.3 is 5.97 Å². The normalized spacial score (nSPS) is 12.6. The highest BCUT2D eigenvalue weighted by Gasteiger charge is 2.32. The number of hydrogen-bond acceptors (Lipinski definition) is 6. The van der Waals surface area contributed by atoms with E-state index in [1.807, 2.05) is 0 Å². The summed E-state index contributed by atoms with van der Waals surface area (Å²) in [7, 11) is 0. The monoisotopic (exact) mass is 435 g/mol. The van der Waals surface area contributed by atoms with Gasteiger partial charge in [-0.1, -0.05) is 67.5 Å². The second-order valence-corrected chi connectivity index (χ2v) is 7.60. The van der Waals surface area contributed by atoms with Crippen molar-refractivity contribution in [1.29, 1.82) is 0 Å². The van der Waals surface area contributed by atoms with E-state index in [0.717, 1.165) is 0 Å². The van der Waals surface area contributed by atoms with Gasteiger partial charge in [-0.25, -0.2) is 4.79 Å². The summed E-state index contributed by atoms with van der Waals surface area (Å²) >= 11 is 0. The van der Waals surface area contributed by atoms with Crippen molar-refractivity contribution in [3.63, 3.8) is 0 Å². The van der Waals surface area contributed by atoms with Crippen LogP contribution in [0.15, 0.2) is 71.3 Å². The summed E-state index contributed by atoms with van der Waals surface area (Å²) in [6.07, 6.45) is -1.10. The zero-order valence-corrected chi connectivity index (χ0v) is 18.1. The fraction of sp³-hybridized carbons (Fsp3) is 0.250. The molecule has 0 aliphatic carbocycles.